The van der Waals surface area contributed by atoms with Crippen LogP contribution in [0.3, 0.4) is 0 Å². The molecule has 0 spiro atoms. The quantitative estimate of drug-likeness (QED) is 0.294. The fraction of sp³-hybridized carbons (Fsp3) is 0.387. The molecule has 0 fully saturated rings. The maximum absolute atomic E-state index is 13.6. The minimum atomic E-state index is -0.288. The van der Waals surface area contributed by atoms with Crippen LogP contribution < -0.4 is 20.1 Å². The van der Waals surface area contributed by atoms with Gasteiger partial charge in [0.25, 0.3) is 0 Å². The van der Waals surface area contributed by atoms with Crippen LogP contribution in [0.1, 0.15) is 43.9 Å². The number of hydrogen-bond donors (Lipinski definition) is 1. The summed E-state index contributed by atoms with van der Waals surface area (Å²) in [4.78, 5) is 15.5. The van der Waals surface area contributed by atoms with Gasteiger partial charge in [0.1, 0.15) is 19.0 Å². The lowest BCUT2D eigenvalue weighted by Crippen LogP contribution is -2.43. The number of ether oxygens (including phenoxy) is 2. The number of carbonyl (C=O) groups is 1. The zero-order valence-electron chi connectivity index (χ0n) is 22.3. The Balaban J connectivity index is 1.34. The van der Waals surface area contributed by atoms with Gasteiger partial charge >= 0.3 is 0 Å². The molecule has 0 radical (unpaired) electrons. The first kappa shape index (κ1) is 28.3. The van der Waals surface area contributed by atoms with Gasteiger partial charge in [-0.1, -0.05) is 74.3 Å². The minimum absolute atomic E-state index is 0.0767. The molecule has 0 aliphatic carbocycles. The second kappa shape index (κ2) is 12.4. The smallest absolute Gasteiger partial charge is 0.231 e. The van der Waals surface area contributed by atoms with Gasteiger partial charge in [-0.2, -0.15) is 0 Å². The molecule has 3 aromatic rings. The summed E-state index contributed by atoms with van der Waals surface area (Å²) < 4.78 is 11.5. The van der Waals surface area contributed by atoms with Gasteiger partial charge in [-0.3, -0.25) is 4.79 Å². The predicted molar refractivity (Wildman–Crippen MR) is 156 cm³/mol. The van der Waals surface area contributed by atoms with Crippen LogP contribution in [0.15, 0.2) is 60.7 Å². The summed E-state index contributed by atoms with van der Waals surface area (Å²) >= 11 is 12.3. The van der Waals surface area contributed by atoms with Gasteiger partial charge < -0.3 is 20.1 Å². The van der Waals surface area contributed by atoms with Gasteiger partial charge in [0.05, 0.1) is 16.0 Å². The van der Waals surface area contributed by atoms with Crippen LogP contribution >= 0.6 is 23.2 Å². The molecule has 7 heteroatoms. The SMILES string of the molecule is CC(C)(C)c1ccc2c(c1)CCCN2C(=O)C(CN)Cc1ccc(OCCOc2c(Cl)cccc2Cl)cc1. The second-order valence-corrected chi connectivity index (χ2v) is 11.5. The number of nitrogens with two attached hydrogens (primary N) is 1. The van der Waals surface area contributed by atoms with E-state index in [9.17, 15) is 4.79 Å². The van der Waals surface area contributed by atoms with Gasteiger partial charge in [-0.15, -0.1) is 0 Å². The Hall–Kier alpha value is -2.73. The van der Waals surface area contributed by atoms with E-state index in [1.165, 1.54) is 11.1 Å². The van der Waals surface area contributed by atoms with Crippen molar-refractivity contribution < 1.29 is 14.3 Å². The Morgan fingerprint density at radius 1 is 1.00 bits per heavy atom. The molecule has 1 amide bonds. The minimum Gasteiger partial charge on any atom is -0.490 e. The Labute approximate surface area is 235 Å². The van der Waals surface area contributed by atoms with E-state index in [1.807, 2.05) is 29.2 Å². The molecular weight excluding hydrogens is 519 g/mol. The second-order valence-electron chi connectivity index (χ2n) is 10.7. The number of halogens is 2. The lowest BCUT2D eigenvalue weighted by atomic mass is 9.84. The van der Waals surface area contributed by atoms with Crippen molar-refractivity contribution in [1.29, 1.82) is 0 Å². The summed E-state index contributed by atoms with van der Waals surface area (Å²) in [6.07, 6.45) is 2.53. The van der Waals surface area contributed by atoms with E-state index in [1.54, 1.807) is 18.2 Å². The number of para-hydroxylation sites is 1. The third-order valence-electron chi connectivity index (χ3n) is 6.89. The molecule has 1 aliphatic heterocycles. The highest BCUT2D eigenvalue weighted by Crippen LogP contribution is 2.34. The maximum Gasteiger partial charge on any atom is 0.231 e. The lowest BCUT2D eigenvalue weighted by molar-refractivity contribution is -0.122. The molecule has 0 bridgehead atoms. The number of nitrogens with zero attached hydrogens (tertiary/aromatic N) is 1. The number of amides is 1. The molecule has 2 N–H and O–H groups in total. The van der Waals surface area contributed by atoms with E-state index in [2.05, 4.69) is 39.0 Å². The zero-order valence-corrected chi connectivity index (χ0v) is 23.8. The van der Waals surface area contributed by atoms with Crippen molar-refractivity contribution in [3.8, 4) is 11.5 Å². The first-order chi connectivity index (χ1) is 18.2. The van der Waals surface area contributed by atoms with Crippen molar-refractivity contribution in [2.24, 2.45) is 11.7 Å². The van der Waals surface area contributed by atoms with E-state index < -0.39 is 0 Å². The zero-order chi connectivity index (χ0) is 27.3. The Morgan fingerprint density at radius 2 is 1.68 bits per heavy atom. The van der Waals surface area contributed by atoms with Crippen molar-refractivity contribution in [2.75, 3.05) is 31.2 Å². The topological polar surface area (TPSA) is 64.8 Å². The highest BCUT2D eigenvalue weighted by molar-refractivity contribution is 6.37. The highest BCUT2D eigenvalue weighted by Gasteiger charge is 2.29. The molecule has 0 aromatic heterocycles. The fourth-order valence-electron chi connectivity index (χ4n) is 4.71. The molecule has 5 nitrogen and oxygen atoms in total. The molecule has 4 rings (SSSR count). The molecule has 1 atom stereocenters. The van der Waals surface area contributed by atoms with E-state index >= 15 is 0 Å². The predicted octanol–water partition coefficient (Wildman–Crippen LogP) is 6.85. The third-order valence-corrected chi connectivity index (χ3v) is 7.48. The van der Waals surface area contributed by atoms with Gasteiger partial charge in [0, 0.05) is 18.8 Å². The first-order valence-electron chi connectivity index (χ1n) is 13.1. The number of aryl methyl sites for hydroxylation is 1. The van der Waals surface area contributed by atoms with Crippen molar-refractivity contribution in [2.45, 2.75) is 45.4 Å². The molecule has 3 aromatic carbocycles. The van der Waals surface area contributed by atoms with Crippen molar-refractivity contribution in [3.63, 3.8) is 0 Å². The molecule has 1 heterocycles. The number of benzene rings is 3. The normalized spacial score (nSPS) is 14.1. The maximum atomic E-state index is 13.6. The van der Waals surface area contributed by atoms with Crippen LogP contribution in [0.4, 0.5) is 5.69 Å². The summed E-state index contributed by atoms with van der Waals surface area (Å²) in [5, 5.41) is 0.933. The van der Waals surface area contributed by atoms with Gasteiger partial charge in [0.2, 0.25) is 5.91 Å². The Kier molecular flexibility index (Phi) is 9.24. The summed E-state index contributed by atoms with van der Waals surface area (Å²) in [6, 6.07) is 19.5. The molecule has 0 saturated heterocycles. The summed E-state index contributed by atoms with van der Waals surface area (Å²) in [5.41, 5.74) is 10.8. The summed E-state index contributed by atoms with van der Waals surface area (Å²) in [7, 11) is 0. The van der Waals surface area contributed by atoms with Gasteiger partial charge in [-0.05, 0) is 71.7 Å². The third kappa shape index (κ3) is 6.82. The van der Waals surface area contributed by atoms with Gasteiger partial charge in [0.15, 0.2) is 5.75 Å². The first-order valence-corrected chi connectivity index (χ1v) is 13.9. The molecule has 1 aliphatic rings. The van der Waals surface area contributed by atoms with Crippen LogP contribution in [0.2, 0.25) is 10.0 Å². The average molecular weight is 556 g/mol. The summed E-state index contributed by atoms with van der Waals surface area (Å²) in [5.74, 6) is 0.979. The molecule has 0 saturated carbocycles. The standard InChI is InChI=1S/C31H36Cl2N2O3/c1-31(2,3)24-11-14-28-22(19-24)6-5-15-35(28)30(36)23(20-34)18-21-9-12-25(13-10-21)37-16-17-38-29-26(32)7-4-8-27(29)33/h4,7-14,19,23H,5-6,15-18,20,34H2,1-3H3. The van der Waals surface area contributed by atoms with Gasteiger partial charge in [-0.25, -0.2) is 0 Å². The van der Waals surface area contributed by atoms with Crippen LogP contribution in [0.25, 0.3) is 0 Å². The molecule has 202 valence electrons. The average Bonchev–Trinajstić information content (AvgIpc) is 2.90. The van der Waals surface area contributed by atoms with Crippen molar-refractivity contribution in [3.05, 3.63) is 87.4 Å². The van der Waals surface area contributed by atoms with E-state index in [4.69, 9.17) is 38.4 Å². The fourth-order valence-corrected chi connectivity index (χ4v) is 5.22. The Bertz CT molecular complexity index is 1230. The van der Waals surface area contributed by atoms with E-state index in [-0.39, 0.29) is 17.2 Å². The lowest BCUT2D eigenvalue weighted by Gasteiger charge is -2.33. The van der Waals surface area contributed by atoms with Crippen LogP contribution in [-0.2, 0) is 23.1 Å². The number of rotatable bonds is 9. The monoisotopic (exact) mass is 554 g/mol. The van der Waals surface area contributed by atoms with E-state index in [0.717, 1.165) is 36.4 Å². The Morgan fingerprint density at radius 3 is 2.34 bits per heavy atom. The molecule has 38 heavy (non-hydrogen) atoms. The van der Waals surface area contributed by atoms with Crippen LogP contribution in [-0.4, -0.2) is 32.2 Å². The van der Waals surface area contributed by atoms with Crippen molar-refractivity contribution in [1.82, 2.24) is 0 Å². The number of carbonyl (C=O) groups excluding carboxylic acids is 1. The van der Waals surface area contributed by atoms with E-state index in [0.29, 0.717) is 42.0 Å². The summed E-state index contributed by atoms with van der Waals surface area (Å²) in [6.45, 7) is 8.32. The number of hydrogen-bond acceptors (Lipinski definition) is 4. The van der Waals surface area contributed by atoms with Crippen LogP contribution in [0, 0.1) is 5.92 Å². The number of anilines is 1. The van der Waals surface area contributed by atoms with Crippen molar-refractivity contribution >= 4 is 34.8 Å². The molecule has 1 unspecified atom stereocenters. The largest absolute Gasteiger partial charge is 0.490 e. The molecular formula is C31H36Cl2N2O3. The number of fused-ring (bicyclic) bond motifs is 1. The van der Waals surface area contributed by atoms with Crippen LogP contribution in [0.5, 0.6) is 11.5 Å². The highest BCUT2D eigenvalue weighted by atomic mass is 35.5.